The molecule has 0 bridgehead atoms. The SMILES string of the molecule is CC1CC1C(N)Cc1ccsc1Br. The summed E-state index contributed by atoms with van der Waals surface area (Å²) in [5.74, 6) is 1.62. The Balaban J connectivity index is 1.94. The van der Waals surface area contributed by atoms with Crippen LogP contribution >= 0.6 is 27.3 Å². The first-order valence-corrected chi connectivity index (χ1v) is 6.33. The summed E-state index contributed by atoms with van der Waals surface area (Å²) in [5, 5.41) is 2.11. The summed E-state index contributed by atoms with van der Waals surface area (Å²) in [6.07, 6.45) is 2.35. The van der Waals surface area contributed by atoms with Crippen LogP contribution in [-0.2, 0) is 6.42 Å². The van der Waals surface area contributed by atoms with E-state index in [1.54, 1.807) is 11.3 Å². The van der Waals surface area contributed by atoms with Crippen molar-refractivity contribution in [3.63, 3.8) is 0 Å². The largest absolute Gasteiger partial charge is 0.327 e. The molecule has 1 fully saturated rings. The molecule has 72 valence electrons. The fourth-order valence-electron chi connectivity index (χ4n) is 1.82. The van der Waals surface area contributed by atoms with E-state index < -0.39 is 0 Å². The Bertz CT molecular complexity index is 297. The van der Waals surface area contributed by atoms with Gasteiger partial charge < -0.3 is 5.73 Å². The molecule has 2 rings (SSSR count). The molecule has 1 heterocycles. The van der Waals surface area contributed by atoms with Gasteiger partial charge in [-0.2, -0.15) is 0 Å². The van der Waals surface area contributed by atoms with Gasteiger partial charge in [-0.25, -0.2) is 0 Å². The first kappa shape index (κ1) is 9.69. The summed E-state index contributed by atoms with van der Waals surface area (Å²) in [6.45, 7) is 2.28. The average Bonchev–Trinajstić information content (AvgIpc) is 2.68. The van der Waals surface area contributed by atoms with Gasteiger partial charge in [-0.1, -0.05) is 6.92 Å². The Morgan fingerprint density at radius 3 is 2.92 bits per heavy atom. The van der Waals surface area contributed by atoms with Crippen LogP contribution in [0.5, 0.6) is 0 Å². The summed E-state index contributed by atoms with van der Waals surface area (Å²) in [6, 6.07) is 2.53. The van der Waals surface area contributed by atoms with Crippen molar-refractivity contribution in [1.29, 1.82) is 0 Å². The molecule has 3 unspecified atom stereocenters. The highest BCUT2D eigenvalue weighted by Crippen LogP contribution is 2.41. The van der Waals surface area contributed by atoms with Crippen LogP contribution in [0.4, 0.5) is 0 Å². The third-order valence-electron chi connectivity index (χ3n) is 2.87. The van der Waals surface area contributed by atoms with Gasteiger partial charge in [0.2, 0.25) is 0 Å². The van der Waals surface area contributed by atoms with E-state index in [2.05, 4.69) is 34.3 Å². The lowest BCUT2D eigenvalue weighted by Gasteiger charge is -2.09. The Kier molecular flexibility index (Phi) is 2.77. The van der Waals surface area contributed by atoms with Crippen LogP contribution < -0.4 is 5.73 Å². The number of nitrogens with two attached hydrogens (primary N) is 1. The first-order valence-electron chi connectivity index (χ1n) is 4.66. The summed E-state index contributed by atoms with van der Waals surface area (Å²) in [4.78, 5) is 0. The summed E-state index contributed by atoms with van der Waals surface area (Å²) in [5.41, 5.74) is 7.49. The molecule has 3 heteroatoms. The lowest BCUT2D eigenvalue weighted by Crippen LogP contribution is -2.25. The molecule has 0 amide bonds. The Hall–Kier alpha value is 0.140. The molecule has 1 nitrogen and oxygen atoms in total. The van der Waals surface area contributed by atoms with E-state index in [4.69, 9.17) is 5.73 Å². The smallest absolute Gasteiger partial charge is 0.0730 e. The van der Waals surface area contributed by atoms with Crippen molar-refractivity contribution in [3.8, 4) is 0 Å². The quantitative estimate of drug-likeness (QED) is 0.888. The van der Waals surface area contributed by atoms with Crippen molar-refractivity contribution in [2.24, 2.45) is 17.6 Å². The van der Waals surface area contributed by atoms with E-state index in [-0.39, 0.29) is 0 Å². The molecule has 1 saturated carbocycles. The summed E-state index contributed by atoms with van der Waals surface area (Å²) < 4.78 is 1.25. The maximum atomic E-state index is 6.11. The molecule has 13 heavy (non-hydrogen) atoms. The molecular formula is C10H14BrNS. The molecular weight excluding hydrogens is 246 g/mol. The number of hydrogen-bond acceptors (Lipinski definition) is 2. The molecule has 0 aliphatic heterocycles. The number of rotatable bonds is 3. The van der Waals surface area contributed by atoms with Crippen LogP contribution in [0.25, 0.3) is 0 Å². The average molecular weight is 260 g/mol. The van der Waals surface area contributed by atoms with Crippen LogP contribution in [0.3, 0.4) is 0 Å². The van der Waals surface area contributed by atoms with E-state index >= 15 is 0 Å². The normalized spacial score (nSPS) is 28.8. The molecule has 0 aromatic carbocycles. The molecule has 0 saturated heterocycles. The van der Waals surface area contributed by atoms with Gasteiger partial charge in [-0.3, -0.25) is 0 Å². The zero-order chi connectivity index (χ0) is 9.42. The van der Waals surface area contributed by atoms with Crippen LogP contribution in [-0.4, -0.2) is 6.04 Å². The minimum Gasteiger partial charge on any atom is -0.327 e. The van der Waals surface area contributed by atoms with Crippen molar-refractivity contribution in [2.75, 3.05) is 0 Å². The second-order valence-corrected chi connectivity index (χ2v) is 6.20. The lowest BCUT2D eigenvalue weighted by atomic mass is 10.0. The van der Waals surface area contributed by atoms with Gasteiger partial charge in [0.25, 0.3) is 0 Å². The fourth-order valence-corrected chi connectivity index (χ4v) is 3.09. The lowest BCUT2D eigenvalue weighted by molar-refractivity contribution is 0.560. The van der Waals surface area contributed by atoms with Gasteiger partial charge in [0.15, 0.2) is 0 Å². The highest BCUT2D eigenvalue weighted by Gasteiger charge is 2.37. The fraction of sp³-hybridized carbons (Fsp3) is 0.600. The second-order valence-electron chi connectivity index (χ2n) is 3.96. The van der Waals surface area contributed by atoms with Gasteiger partial charge in [0, 0.05) is 6.04 Å². The van der Waals surface area contributed by atoms with E-state index in [1.165, 1.54) is 15.8 Å². The van der Waals surface area contributed by atoms with E-state index in [9.17, 15) is 0 Å². The highest BCUT2D eigenvalue weighted by molar-refractivity contribution is 9.11. The van der Waals surface area contributed by atoms with Crippen molar-refractivity contribution in [2.45, 2.75) is 25.8 Å². The third-order valence-corrected chi connectivity index (χ3v) is 4.68. The minimum absolute atomic E-state index is 0.362. The van der Waals surface area contributed by atoms with Crippen LogP contribution in [0.2, 0.25) is 0 Å². The van der Waals surface area contributed by atoms with Crippen LogP contribution in [0.1, 0.15) is 18.9 Å². The standard InChI is InChI=1S/C10H14BrNS/c1-6-4-8(6)9(12)5-7-2-3-13-10(7)11/h2-3,6,8-9H,4-5,12H2,1H3. The molecule has 0 spiro atoms. The highest BCUT2D eigenvalue weighted by atomic mass is 79.9. The molecule has 1 aromatic heterocycles. The topological polar surface area (TPSA) is 26.0 Å². The van der Waals surface area contributed by atoms with Crippen molar-refractivity contribution in [1.82, 2.24) is 0 Å². The van der Waals surface area contributed by atoms with Crippen LogP contribution in [0.15, 0.2) is 15.2 Å². The molecule has 2 N–H and O–H groups in total. The zero-order valence-electron chi connectivity index (χ0n) is 7.66. The molecule has 0 radical (unpaired) electrons. The van der Waals surface area contributed by atoms with Gasteiger partial charge in [0.1, 0.15) is 0 Å². The summed E-state index contributed by atoms with van der Waals surface area (Å²) in [7, 11) is 0. The zero-order valence-corrected chi connectivity index (χ0v) is 10.1. The van der Waals surface area contributed by atoms with Crippen molar-refractivity contribution >= 4 is 27.3 Å². The molecule has 1 aliphatic rings. The minimum atomic E-state index is 0.362. The predicted molar refractivity (Wildman–Crippen MR) is 61.0 cm³/mol. The number of halogens is 1. The Morgan fingerprint density at radius 1 is 1.77 bits per heavy atom. The monoisotopic (exact) mass is 259 g/mol. The van der Waals surface area contributed by atoms with E-state index in [0.717, 1.165) is 18.3 Å². The summed E-state index contributed by atoms with van der Waals surface area (Å²) >= 11 is 5.28. The van der Waals surface area contributed by atoms with Crippen LogP contribution in [0, 0.1) is 11.8 Å². The first-order chi connectivity index (χ1) is 6.18. The second kappa shape index (κ2) is 3.71. The van der Waals surface area contributed by atoms with E-state index in [1.807, 2.05) is 0 Å². The van der Waals surface area contributed by atoms with Gasteiger partial charge in [-0.15, -0.1) is 11.3 Å². The van der Waals surface area contributed by atoms with E-state index in [0.29, 0.717) is 6.04 Å². The maximum absolute atomic E-state index is 6.11. The van der Waals surface area contributed by atoms with Crippen molar-refractivity contribution < 1.29 is 0 Å². The molecule has 3 atom stereocenters. The molecule has 1 aromatic rings. The van der Waals surface area contributed by atoms with Crippen molar-refractivity contribution in [3.05, 3.63) is 20.8 Å². The third kappa shape index (κ3) is 2.14. The Labute approximate surface area is 91.5 Å². The number of hydrogen-bond donors (Lipinski definition) is 1. The molecule has 1 aliphatic carbocycles. The predicted octanol–water partition coefficient (Wildman–Crippen LogP) is 3.04. The Morgan fingerprint density at radius 2 is 2.46 bits per heavy atom. The maximum Gasteiger partial charge on any atom is 0.0730 e. The van der Waals surface area contributed by atoms with Gasteiger partial charge >= 0.3 is 0 Å². The number of thiophene rings is 1. The van der Waals surface area contributed by atoms with Gasteiger partial charge in [0.05, 0.1) is 3.79 Å². The van der Waals surface area contributed by atoms with Gasteiger partial charge in [-0.05, 0) is 57.6 Å².